The molecule has 0 spiro atoms. The summed E-state index contributed by atoms with van der Waals surface area (Å²) in [5, 5.41) is 3.10. The van der Waals surface area contributed by atoms with Gasteiger partial charge in [-0.05, 0) is 87.9 Å². The van der Waals surface area contributed by atoms with Crippen molar-refractivity contribution in [3.63, 3.8) is 0 Å². The number of pyridine rings is 1. The fourth-order valence-corrected chi connectivity index (χ4v) is 5.93. The largest absolute Gasteiger partial charge is 0.337 e. The van der Waals surface area contributed by atoms with Crippen molar-refractivity contribution in [1.29, 1.82) is 0 Å². The molecule has 0 radical (unpaired) electrons. The number of carbonyl (C=O) groups excluding carboxylic acids is 2. The van der Waals surface area contributed by atoms with E-state index in [-0.39, 0.29) is 17.9 Å². The highest BCUT2D eigenvalue weighted by atomic mass is 16.2. The van der Waals surface area contributed by atoms with E-state index in [1.807, 2.05) is 18.7 Å². The zero-order valence-electron chi connectivity index (χ0n) is 22.7. The van der Waals surface area contributed by atoms with Crippen LogP contribution in [0.3, 0.4) is 0 Å². The molecule has 4 heterocycles. The molecular weight excluding hydrogens is 476 g/mol. The minimum atomic E-state index is -0.214. The number of aromatic nitrogens is 3. The molecule has 8 nitrogen and oxygen atoms in total. The number of anilines is 1. The van der Waals surface area contributed by atoms with Gasteiger partial charge in [0, 0.05) is 43.1 Å². The highest BCUT2D eigenvalue weighted by molar-refractivity contribution is 6.04. The van der Waals surface area contributed by atoms with Gasteiger partial charge in [0.15, 0.2) is 0 Å². The number of nitrogens with one attached hydrogen (secondary N) is 1. The van der Waals surface area contributed by atoms with Crippen LogP contribution in [0, 0.1) is 19.8 Å². The van der Waals surface area contributed by atoms with Crippen LogP contribution in [0.15, 0.2) is 43.0 Å². The van der Waals surface area contributed by atoms with Gasteiger partial charge in [-0.1, -0.05) is 19.6 Å². The fraction of sp³-hybridized carbons (Fsp3) is 0.467. The Hall–Kier alpha value is -3.52. The highest BCUT2D eigenvalue weighted by Crippen LogP contribution is 2.31. The molecule has 0 bridgehead atoms. The molecule has 2 aromatic heterocycles. The summed E-state index contributed by atoms with van der Waals surface area (Å²) in [7, 11) is 0. The SMILES string of the molecule is C=CC(=O)N1CCCC[C@@H](n2c(NC(=O)c3cc(C)nc(C)c3)nc3cc(CN4CC[C@H](C)C4)ccc32)C1. The molecule has 2 saturated heterocycles. The average molecular weight is 515 g/mol. The van der Waals surface area contributed by atoms with E-state index in [0.29, 0.717) is 24.6 Å². The maximum atomic E-state index is 13.4. The third-order valence-corrected chi connectivity index (χ3v) is 7.74. The minimum Gasteiger partial charge on any atom is -0.337 e. The maximum absolute atomic E-state index is 13.4. The monoisotopic (exact) mass is 514 g/mol. The Morgan fingerprint density at radius 3 is 2.55 bits per heavy atom. The molecule has 5 rings (SSSR count). The summed E-state index contributed by atoms with van der Waals surface area (Å²) < 4.78 is 2.13. The molecule has 2 fully saturated rings. The van der Waals surface area contributed by atoms with Crippen molar-refractivity contribution in [2.75, 3.05) is 31.5 Å². The van der Waals surface area contributed by atoms with E-state index in [0.717, 1.165) is 67.2 Å². The summed E-state index contributed by atoms with van der Waals surface area (Å²) in [6, 6.07) is 10.0. The number of benzene rings is 1. The lowest BCUT2D eigenvalue weighted by molar-refractivity contribution is -0.126. The van der Waals surface area contributed by atoms with Crippen LogP contribution in [0.4, 0.5) is 5.95 Å². The molecule has 38 heavy (non-hydrogen) atoms. The first-order valence-electron chi connectivity index (χ1n) is 13.7. The van der Waals surface area contributed by atoms with E-state index in [1.54, 1.807) is 12.1 Å². The molecule has 8 heteroatoms. The highest BCUT2D eigenvalue weighted by Gasteiger charge is 2.27. The predicted molar refractivity (Wildman–Crippen MR) is 150 cm³/mol. The Morgan fingerprint density at radius 2 is 1.84 bits per heavy atom. The molecule has 1 aromatic carbocycles. The van der Waals surface area contributed by atoms with Crippen molar-refractivity contribution < 1.29 is 9.59 Å². The van der Waals surface area contributed by atoms with Crippen LogP contribution in [0.2, 0.25) is 0 Å². The quantitative estimate of drug-likeness (QED) is 0.474. The summed E-state index contributed by atoms with van der Waals surface area (Å²) in [5.41, 5.74) is 5.20. The minimum absolute atomic E-state index is 0.00658. The van der Waals surface area contributed by atoms with Crippen LogP contribution >= 0.6 is 0 Å². The molecule has 0 aliphatic carbocycles. The molecule has 2 amide bonds. The second-order valence-electron chi connectivity index (χ2n) is 11.0. The van der Waals surface area contributed by atoms with Crippen molar-refractivity contribution in [2.45, 2.75) is 59.0 Å². The third kappa shape index (κ3) is 5.65. The first-order chi connectivity index (χ1) is 18.3. The Kier molecular flexibility index (Phi) is 7.61. The molecule has 2 atom stereocenters. The van der Waals surface area contributed by atoms with Gasteiger partial charge in [-0.15, -0.1) is 0 Å². The number of aryl methyl sites for hydroxylation is 2. The smallest absolute Gasteiger partial charge is 0.258 e. The number of imidazole rings is 1. The molecule has 0 unspecified atom stereocenters. The van der Waals surface area contributed by atoms with Crippen molar-refractivity contribution in [2.24, 2.45) is 5.92 Å². The Bertz CT molecular complexity index is 1340. The van der Waals surface area contributed by atoms with E-state index in [1.165, 1.54) is 18.1 Å². The number of amides is 2. The van der Waals surface area contributed by atoms with Gasteiger partial charge in [0.25, 0.3) is 5.91 Å². The molecule has 1 N–H and O–H groups in total. The Balaban J connectivity index is 1.52. The fourth-order valence-electron chi connectivity index (χ4n) is 5.93. The van der Waals surface area contributed by atoms with Crippen molar-refractivity contribution >= 4 is 28.8 Å². The molecule has 200 valence electrons. The van der Waals surface area contributed by atoms with Gasteiger partial charge in [0.1, 0.15) is 0 Å². The van der Waals surface area contributed by atoms with E-state index in [2.05, 4.69) is 51.5 Å². The van der Waals surface area contributed by atoms with Crippen molar-refractivity contribution in [1.82, 2.24) is 24.3 Å². The second-order valence-corrected chi connectivity index (χ2v) is 11.0. The van der Waals surface area contributed by atoms with Crippen molar-refractivity contribution in [3.8, 4) is 0 Å². The third-order valence-electron chi connectivity index (χ3n) is 7.74. The van der Waals surface area contributed by atoms with Gasteiger partial charge in [0.2, 0.25) is 11.9 Å². The number of fused-ring (bicyclic) bond motifs is 1. The van der Waals surface area contributed by atoms with Crippen LogP contribution in [0.25, 0.3) is 11.0 Å². The summed E-state index contributed by atoms with van der Waals surface area (Å²) in [4.78, 5) is 39.6. The average Bonchev–Trinajstić information content (AvgIpc) is 3.35. The Morgan fingerprint density at radius 1 is 1.05 bits per heavy atom. The summed E-state index contributed by atoms with van der Waals surface area (Å²) in [5.74, 6) is 0.976. The molecule has 2 aliphatic heterocycles. The lowest BCUT2D eigenvalue weighted by Gasteiger charge is -2.26. The van der Waals surface area contributed by atoms with Crippen LogP contribution in [-0.2, 0) is 11.3 Å². The topological polar surface area (TPSA) is 83.4 Å². The van der Waals surface area contributed by atoms with E-state index < -0.39 is 0 Å². The van der Waals surface area contributed by atoms with E-state index in [9.17, 15) is 9.59 Å². The standard InChI is InChI=1S/C30H38N6O2/c1-5-28(37)35-12-7-6-8-25(19-35)36-27-10-9-23(18-34-13-11-20(2)17-34)16-26(27)32-30(36)33-29(38)24-14-21(3)31-22(4)15-24/h5,9-10,14-16,20,25H,1,6-8,11-13,17-19H2,2-4H3,(H,32,33,38)/t20-,25+/m0/s1. The maximum Gasteiger partial charge on any atom is 0.258 e. The van der Waals surface area contributed by atoms with Gasteiger partial charge in [-0.25, -0.2) is 4.98 Å². The summed E-state index contributed by atoms with van der Waals surface area (Å²) in [6.07, 6.45) is 5.46. The number of hydrogen-bond acceptors (Lipinski definition) is 5. The van der Waals surface area contributed by atoms with E-state index in [4.69, 9.17) is 4.98 Å². The number of nitrogens with zero attached hydrogens (tertiary/aromatic N) is 5. The predicted octanol–water partition coefficient (Wildman–Crippen LogP) is 4.88. The zero-order valence-corrected chi connectivity index (χ0v) is 22.7. The summed E-state index contributed by atoms with van der Waals surface area (Å²) in [6.45, 7) is 14.2. The van der Waals surface area contributed by atoms with Crippen LogP contribution < -0.4 is 5.32 Å². The lowest BCUT2D eigenvalue weighted by atomic mass is 10.1. The first-order valence-corrected chi connectivity index (χ1v) is 13.7. The van der Waals surface area contributed by atoms with Crippen LogP contribution in [0.5, 0.6) is 0 Å². The van der Waals surface area contributed by atoms with Gasteiger partial charge in [0.05, 0.1) is 17.1 Å². The van der Waals surface area contributed by atoms with Gasteiger partial charge in [-0.2, -0.15) is 0 Å². The second kappa shape index (κ2) is 11.1. The molecule has 3 aromatic rings. The van der Waals surface area contributed by atoms with E-state index >= 15 is 0 Å². The summed E-state index contributed by atoms with van der Waals surface area (Å²) >= 11 is 0. The number of carbonyl (C=O) groups is 2. The number of likely N-dealkylation sites (tertiary alicyclic amines) is 2. The van der Waals surface area contributed by atoms with Gasteiger partial charge < -0.3 is 9.47 Å². The molecule has 0 saturated carbocycles. The number of hydrogen-bond donors (Lipinski definition) is 1. The van der Waals surface area contributed by atoms with Crippen molar-refractivity contribution in [3.05, 3.63) is 65.5 Å². The normalized spacial score (nSPS) is 20.4. The Labute approximate surface area is 224 Å². The lowest BCUT2D eigenvalue weighted by Crippen LogP contribution is -2.34. The first kappa shape index (κ1) is 26.1. The molecular formula is C30H38N6O2. The van der Waals surface area contributed by atoms with Crippen LogP contribution in [-0.4, -0.2) is 62.3 Å². The molecule has 2 aliphatic rings. The van der Waals surface area contributed by atoms with Crippen LogP contribution in [0.1, 0.15) is 66.0 Å². The van der Waals surface area contributed by atoms with Gasteiger partial charge >= 0.3 is 0 Å². The number of rotatable bonds is 6. The zero-order chi connectivity index (χ0) is 26.8. The van der Waals surface area contributed by atoms with Gasteiger partial charge in [-0.3, -0.25) is 24.8 Å².